The molecule has 0 fully saturated rings. The van der Waals surface area contributed by atoms with Gasteiger partial charge in [0, 0.05) is 5.56 Å². The van der Waals surface area contributed by atoms with E-state index in [1.54, 1.807) is 25.1 Å². The van der Waals surface area contributed by atoms with Crippen LogP contribution in [0.15, 0.2) is 22.6 Å². The van der Waals surface area contributed by atoms with Gasteiger partial charge in [-0.2, -0.15) is 0 Å². The van der Waals surface area contributed by atoms with Gasteiger partial charge in [-0.25, -0.2) is 9.78 Å². The quantitative estimate of drug-likeness (QED) is 0.880. The lowest BCUT2D eigenvalue weighted by molar-refractivity contribution is 0.0689. The van der Waals surface area contributed by atoms with Gasteiger partial charge in [-0.05, 0) is 39.0 Å². The number of carboxylic acid groups (broad SMARTS) is 1. The van der Waals surface area contributed by atoms with Gasteiger partial charge >= 0.3 is 5.97 Å². The number of rotatable bonds is 6. The number of benzene rings is 1. The van der Waals surface area contributed by atoms with E-state index in [9.17, 15) is 4.79 Å². The van der Waals surface area contributed by atoms with Crippen LogP contribution < -0.4 is 9.47 Å². The van der Waals surface area contributed by atoms with Crippen LogP contribution in [0, 0.1) is 6.92 Å². The first-order valence-electron chi connectivity index (χ1n) is 6.67. The van der Waals surface area contributed by atoms with Crippen LogP contribution in [0.5, 0.6) is 11.5 Å². The molecule has 6 heteroatoms. The molecule has 6 nitrogen and oxygen atoms in total. The van der Waals surface area contributed by atoms with Crippen molar-refractivity contribution in [2.45, 2.75) is 20.8 Å². The maximum Gasteiger partial charge on any atom is 0.358 e. The van der Waals surface area contributed by atoms with Gasteiger partial charge in [-0.15, -0.1) is 0 Å². The average molecular weight is 291 g/mol. The Hall–Kier alpha value is -2.50. The number of ether oxygens (including phenoxy) is 2. The van der Waals surface area contributed by atoms with E-state index in [4.69, 9.17) is 19.0 Å². The van der Waals surface area contributed by atoms with E-state index < -0.39 is 5.97 Å². The lowest BCUT2D eigenvalue weighted by Gasteiger charge is -2.11. The highest BCUT2D eigenvalue weighted by Crippen LogP contribution is 2.33. The zero-order chi connectivity index (χ0) is 15.4. The molecule has 2 aromatic rings. The van der Waals surface area contributed by atoms with Crippen LogP contribution in [0.4, 0.5) is 0 Å². The van der Waals surface area contributed by atoms with Crippen molar-refractivity contribution in [1.29, 1.82) is 0 Å². The van der Waals surface area contributed by atoms with E-state index in [1.165, 1.54) is 0 Å². The SMILES string of the molecule is CCOc1ccc(-c2nc(C(=O)O)c(C)o2)cc1OCC. The molecule has 0 amide bonds. The van der Waals surface area contributed by atoms with Gasteiger partial charge in [0.05, 0.1) is 13.2 Å². The van der Waals surface area contributed by atoms with Crippen LogP contribution >= 0.6 is 0 Å². The molecule has 0 aliphatic carbocycles. The topological polar surface area (TPSA) is 81.8 Å². The zero-order valence-corrected chi connectivity index (χ0v) is 12.2. The van der Waals surface area contributed by atoms with E-state index in [0.29, 0.717) is 30.3 Å². The Balaban J connectivity index is 2.42. The normalized spacial score (nSPS) is 10.4. The number of nitrogens with zero attached hydrogens (tertiary/aromatic N) is 1. The molecule has 112 valence electrons. The van der Waals surface area contributed by atoms with Crippen molar-refractivity contribution >= 4 is 5.97 Å². The number of oxazole rings is 1. The third-order valence-corrected chi connectivity index (χ3v) is 2.79. The van der Waals surface area contributed by atoms with Crippen molar-refractivity contribution in [2.24, 2.45) is 0 Å². The van der Waals surface area contributed by atoms with E-state index in [1.807, 2.05) is 13.8 Å². The highest BCUT2D eigenvalue weighted by molar-refractivity contribution is 5.87. The second kappa shape index (κ2) is 6.30. The summed E-state index contributed by atoms with van der Waals surface area (Å²) in [6, 6.07) is 5.24. The van der Waals surface area contributed by atoms with E-state index in [-0.39, 0.29) is 17.3 Å². The van der Waals surface area contributed by atoms with E-state index in [2.05, 4.69) is 4.98 Å². The minimum Gasteiger partial charge on any atom is -0.490 e. The number of carbonyl (C=O) groups is 1. The molecular formula is C15H17NO5. The first kappa shape index (κ1) is 14.9. The second-order valence-corrected chi connectivity index (χ2v) is 4.26. The van der Waals surface area contributed by atoms with Crippen LogP contribution in [0.25, 0.3) is 11.5 Å². The first-order chi connectivity index (χ1) is 10.1. The van der Waals surface area contributed by atoms with Crippen LogP contribution in [0.2, 0.25) is 0 Å². The average Bonchev–Trinajstić information content (AvgIpc) is 2.83. The van der Waals surface area contributed by atoms with Gasteiger partial charge < -0.3 is 19.0 Å². The molecule has 0 saturated carbocycles. The molecule has 0 aliphatic rings. The Morgan fingerprint density at radius 1 is 1.24 bits per heavy atom. The Morgan fingerprint density at radius 2 is 1.90 bits per heavy atom. The summed E-state index contributed by atoms with van der Waals surface area (Å²) in [5.74, 6) is 0.603. The van der Waals surface area contributed by atoms with Crippen LogP contribution in [-0.2, 0) is 0 Å². The van der Waals surface area contributed by atoms with Gasteiger partial charge in [0.2, 0.25) is 5.89 Å². The summed E-state index contributed by atoms with van der Waals surface area (Å²) in [5, 5.41) is 9.01. The van der Waals surface area contributed by atoms with E-state index >= 15 is 0 Å². The van der Waals surface area contributed by atoms with Crippen molar-refractivity contribution in [2.75, 3.05) is 13.2 Å². The fourth-order valence-corrected chi connectivity index (χ4v) is 1.90. The van der Waals surface area contributed by atoms with Crippen molar-refractivity contribution in [3.05, 3.63) is 29.7 Å². The van der Waals surface area contributed by atoms with Crippen LogP contribution in [-0.4, -0.2) is 29.3 Å². The number of aryl methyl sites for hydroxylation is 1. The molecular weight excluding hydrogens is 274 g/mol. The number of aromatic carboxylic acids is 1. The predicted molar refractivity (Wildman–Crippen MR) is 76.0 cm³/mol. The molecule has 21 heavy (non-hydrogen) atoms. The molecule has 0 aliphatic heterocycles. The maximum absolute atomic E-state index is 11.0. The van der Waals surface area contributed by atoms with Gasteiger partial charge in [0.15, 0.2) is 17.2 Å². The van der Waals surface area contributed by atoms with Crippen molar-refractivity contribution in [3.8, 4) is 23.0 Å². The highest BCUT2D eigenvalue weighted by Gasteiger charge is 2.18. The Bertz CT molecular complexity index is 648. The smallest absolute Gasteiger partial charge is 0.358 e. The lowest BCUT2D eigenvalue weighted by Crippen LogP contribution is -1.99. The standard InChI is InChI=1S/C15H17NO5/c1-4-19-11-7-6-10(8-12(11)20-5-2)14-16-13(15(17)18)9(3)21-14/h6-8H,4-5H2,1-3H3,(H,17,18). The van der Waals surface area contributed by atoms with Gasteiger partial charge in [-0.1, -0.05) is 0 Å². The van der Waals surface area contributed by atoms with Gasteiger partial charge in [0.1, 0.15) is 5.76 Å². The first-order valence-corrected chi connectivity index (χ1v) is 6.67. The molecule has 1 aromatic carbocycles. The Labute approximate surface area is 122 Å². The van der Waals surface area contributed by atoms with Crippen LogP contribution in [0.1, 0.15) is 30.1 Å². The molecule has 1 aromatic heterocycles. The fraction of sp³-hybridized carbons (Fsp3) is 0.333. The minimum absolute atomic E-state index is 0.0863. The Kier molecular flexibility index (Phi) is 4.47. The molecule has 1 heterocycles. The lowest BCUT2D eigenvalue weighted by atomic mass is 10.2. The van der Waals surface area contributed by atoms with Crippen molar-refractivity contribution in [1.82, 2.24) is 4.98 Å². The molecule has 0 saturated heterocycles. The van der Waals surface area contributed by atoms with Gasteiger partial charge in [-0.3, -0.25) is 0 Å². The van der Waals surface area contributed by atoms with Crippen molar-refractivity contribution in [3.63, 3.8) is 0 Å². The molecule has 2 rings (SSSR count). The number of hydrogen-bond acceptors (Lipinski definition) is 5. The summed E-state index contributed by atoms with van der Waals surface area (Å²) < 4.78 is 16.4. The molecule has 1 N–H and O–H groups in total. The monoisotopic (exact) mass is 291 g/mol. The predicted octanol–water partition coefficient (Wildman–Crippen LogP) is 3.15. The van der Waals surface area contributed by atoms with Crippen LogP contribution in [0.3, 0.4) is 0 Å². The molecule has 0 bridgehead atoms. The zero-order valence-electron chi connectivity index (χ0n) is 12.2. The second-order valence-electron chi connectivity index (χ2n) is 4.26. The summed E-state index contributed by atoms with van der Waals surface area (Å²) in [7, 11) is 0. The molecule has 0 unspecified atom stereocenters. The number of carboxylic acids is 1. The van der Waals surface area contributed by atoms with Gasteiger partial charge in [0.25, 0.3) is 0 Å². The third kappa shape index (κ3) is 3.16. The number of aromatic nitrogens is 1. The molecule has 0 spiro atoms. The van der Waals surface area contributed by atoms with E-state index in [0.717, 1.165) is 0 Å². The third-order valence-electron chi connectivity index (χ3n) is 2.79. The summed E-state index contributed by atoms with van der Waals surface area (Å²) in [4.78, 5) is 15.0. The maximum atomic E-state index is 11.0. The van der Waals surface area contributed by atoms with Crippen molar-refractivity contribution < 1.29 is 23.8 Å². The summed E-state index contributed by atoms with van der Waals surface area (Å²) in [6.45, 7) is 6.35. The minimum atomic E-state index is -1.11. The number of hydrogen-bond donors (Lipinski definition) is 1. The highest BCUT2D eigenvalue weighted by atomic mass is 16.5. The Morgan fingerprint density at radius 3 is 2.48 bits per heavy atom. The summed E-state index contributed by atoms with van der Waals surface area (Å²) >= 11 is 0. The summed E-state index contributed by atoms with van der Waals surface area (Å²) in [6.07, 6.45) is 0. The largest absolute Gasteiger partial charge is 0.490 e. The molecule has 0 atom stereocenters. The molecule has 0 radical (unpaired) electrons. The fourth-order valence-electron chi connectivity index (χ4n) is 1.90. The summed E-state index contributed by atoms with van der Waals surface area (Å²) in [5.41, 5.74) is 0.550.